The SMILES string of the molecule is CCCN(CC(=O)Nc1ccccc1C)C(=O)c1cc(Cl)c(OC)c(OC)c1. The second-order valence-electron chi connectivity index (χ2n) is 6.28. The molecule has 0 heterocycles. The van der Waals surface area contributed by atoms with Crippen LogP contribution in [0.15, 0.2) is 36.4 Å². The zero-order valence-corrected chi connectivity index (χ0v) is 17.3. The summed E-state index contributed by atoms with van der Waals surface area (Å²) >= 11 is 6.21. The monoisotopic (exact) mass is 404 g/mol. The fraction of sp³-hybridized carbons (Fsp3) is 0.333. The van der Waals surface area contributed by atoms with Gasteiger partial charge in [0.1, 0.15) is 6.54 Å². The molecule has 0 aliphatic heterocycles. The number of halogens is 1. The number of aryl methyl sites for hydroxylation is 1. The first-order valence-electron chi connectivity index (χ1n) is 8.97. The molecule has 0 atom stereocenters. The second-order valence-corrected chi connectivity index (χ2v) is 6.69. The van der Waals surface area contributed by atoms with Gasteiger partial charge in [0.15, 0.2) is 11.5 Å². The van der Waals surface area contributed by atoms with Crippen LogP contribution in [0.4, 0.5) is 5.69 Å². The minimum Gasteiger partial charge on any atom is -0.493 e. The smallest absolute Gasteiger partial charge is 0.254 e. The van der Waals surface area contributed by atoms with Gasteiger partial charge in [-0.2, -0.15) is 0 Å². The maximum atomic E-state index is 13.0. The lowest BCUT2D eigenvalue weighted by atomic mass is 10.1. The number of nitrogens with zero attached hydrogens (tertiary/aromatic N) is 1. The molecule has 0 aromatic heterocycles. The van der Waals surface area contributed by atoms with Crippen molar-refractivity contribution in [3.8, 4) is 11.5 Å². The van der Waals surface area contributed by atoms with E-state index in [4.69, 9.17) is 21.1 Å². The van der Waals surface area contributed by atoms with Crippen LogP contribution in [0.3, 0.4) is 0 Å². The summed E-state index contributed by atoms with van der Waals surface area (Å²) in [4.78, 5) is 27.0. The molecule has 0 fully saturated rings. The summed E-state index contributed by atoms with van der Waals surface area (Å²) in [7, 11) is 2.95. The predicted molar refractivity (Wildman–Crippen MR) is 111 cm³/mol. The van der Waals surface area contributed by atoms with Gasteiger partial charge in [-0.15, -0.1) is 0 Å². The Bertz CT molecular complexity index is 854. The molecule has 0 aliphatic rings. The molecule has 0 radical (unpaired) electrons. The van der Waals surface area contributed by atoms with Crippen LogP contribution in [0.5, 0.6) is 11.5 Å². The quantitative estimate of drug-likeness (QED) is 0.717. The Labute approximate surface area is 170 Å². The molecule has 0 unspecified atom stereocenters. The van der Waals surface area contributed by atoms with Gasteiger partial charge >= 0.3 is 0 Å². The highest BCUT2D eigenvalue weighted by molar-refractivity contribution is 6.32. The third kappa shape index (κ3) is 5.16. The van der Waals surface area contributed by atoms with E-state index in [1.54, 1.807) is 6.07 Å². The summed E-state index contributed by atoms with van der Waals surface area (Å²) in [5.41, 5.74) is 2.02. The normalized spacial score (nSPS) is 10.3. The van der Waals surface area contributed by atoms with Gasteiger partial charge in [-0.25, -0.2) is 0 Å². The van der Waals surface area contributed by atoms with Crippen molar-refractivity contribution in [2.75, 3.05) is 32.6 Å². The van der Waals surface area contributed by atoms with E-state index in [1.165, 1.54) is 25.2 Å². The first kappa shape index (κ1) is 21.6. The van der Waals surface area contributed by atoms with Crippen molar-refractivity contribution in [2.24, 2.45) is 0 Å². The van der Waals surface area contributed by atoms with E-state index in [0.717, 1.165) is 11.3 Å². The van der Waals surface area contributed by atoms with Crippen molar-refractivity contribution in [2.45, 2.75) is 20.3 Å². The van der Waals surface area contributed by atoms with E-state index >= 15 is 0 Å². The minimum absolute atomic E-state index is 0.0625. The summed E-state index contributed by atoms with van der Waals surface area (Å²) in [6, 6.07) is 10.6. The third-order valence-electron chi connectivity index (χ3n) is 4.21. The van der Waals surface area contributed by atoms with Crippen LogP contribution in [0.25, 0.3) is 0 Å². The number of carbonyl (C=O) groups is 2. The summed E-state index contributed by atoms with van der Waals surface area (Å²) < 4.78 is 10.5. The van der Waals surface area contributed by atoms with E-state index in [9.17, 15) is 9.59 Å². The molecular formula is C21H25ClN2O4. The number of anilines is 1. The van der Waals surface area contributed by atoms with Gasteiger partial charge in [-0.05, 0) is 37.1 Å². The van der Waals surface area contributed by atoms with Crippen molar-refractivity contribution >= 4 is 29.1 Å². The van der Waals surface area contributed by atoms with Crippen molar-refractivity contribution in [3.63, 3.8) is 0 Å². The topological polar surface area (TPSA) is 67.9 Å². The van der Waals surface area contributed by atoms with Crippen LogP contribution in [0.1, 0.15) is 29.3 Å². The first-order valence-corrected chi connectivity index (χ1v) is 9.35. The Morgan fingerprint density at radius 1 is 1.14 bits per heavy atom. The molecule has 0 bridgehead atoms. The molecule has 2 aromatic rings. The molecule has 6 nitrogen and oxygen atoms in total. The average molecular weight is 405 g/mol. The molecule has 2 amide bonds. The second kappa shape index (κ2) is 9.99. The van der Waals surface area contributed by atoms with E-state index in [0.29, 0.717) is 30.0 Å². The Morgan fingerprint density at radius 3 is 2.46 bits per heavy atom. The fourth-order valence-corrected chi connectivity index (χ4v) is 3.11. The van der Waals surface area contributed by atoms with E-state index in [2.05, 4.69) is 5.32 Å². The number of carbonyl (C=O) groups excluding carboxylic acids is 2. The molecular weight excluding hydrogens is 380 g/mol. The zero-order chi connectivity index (χ0) is 20.7. The van der Waals surface area contributed by atoms with E-state index in [-0.39, 0.29) is 23.4 Å². The van der Waals surface area contributed by atoms with E-state index < -0.39 is 0 Å². The number of para-hydroxylation sites is 1. The molecule has 0 aliphatic carbocycles. The lowest BCUT2D eigenvalue weighted by Crippen LogP contribution is -2.38. The van der Waals surface area contributed by atoms with Gasteiger partial charge in [0.25, 0.3) is 5.91 Å². The van der Waals surface area contributed by atoms with Gasteiger partial charge in [-0.1, -0.05) is 36.7 Å². The molecule has 0 saturated carbocycles. The van der Waals surface area contributed by atoms with Gasteiger partial charge in [0, 0.05) is 17.8 Å². The minimum atomic E-state index is -0.301. The highest BCUT2D eigenvalue weighted by Gasteiger charge is 2.22. The first-order chi connectivity index (χ1) is 13.4. The number of hydrogen-bond donors (Lipinski definition) is 1. The Balaban J connectivity index is 2.21. The maximum absolute atomic E-state index is 13.0. The molecule has 0 saturated heterocycles. The molecule has 0 spiro atoms. The molecule has 7 heteroatoms. The number of nitrogens with one attached hydrogen (secondary N) is 1. The Kier molecular flexibility index (Phi) is 7.70. The van der Waals surface area contributed by atoms with Gasteiger partial charge < -0.3 is 19.7 Å². The number of rotatable bonds is 8. The lowest BCUT2D eigenvalue weighted by Gasteiger charge is -2.22. The molecule has 28 heavy (non-hydrogen) atoms. The van der Waals surface area contributed by atoms with E-state index in [1.807, 2.05) is 38.1 Å². The fourth-order valence-electron chi connectivity index (χ4n) is 2.82. The number of methoxy groups -OCH3 is 2. The summed E-state index contributed by atoms with van der Waals surface area (Å²) in [6.07, 6.45) is 0.713. The predicted octanol–water partition coefficient (Wildman–Crippen LogP) is 4.16. The van der Waals surface area contributed by atoms with Gasteiger partial charge in [0.05, 0.1) is 19.2 Å². The third-order valence-corrected chi connectivity index (χ3v) is 4.50. The number of benzene rings is 2. The average Bonchev–Trinajstić information content (AvgIpc) is 2.68. The van der Waals surface area contributed by atoms with Crippen molar-refractivity contribution < 1.29 is 19.1 Å². The van der Waals surface area contributed by atoms with Crippen molar-refractivity contribution in [1.82, 2.24) is 4.90 Å². The number of hydrogen-bond acceptors (Lipinski definition) is 4. The highest BCUT2D eigenvalue weighted by atomic mass is 35.5. The molecule has 150 valence electrons. The van der Waals surface area contributed by atoms with Crippen LogP contribution < -0.4 is 14.8 Å². The van der Waals surface area contributed by atoms with Crippen molar-refractivity contribution in [1.29, 1.82) is 0 Å². The maximum Gasteiger partial charge on any atom is 0.254 e. The summed E-state index contributed by atoms with van der Waals surface area (Å²) in [5.74, 6) is 0.159. The Hall–Kier alpha value is -2.73. The van der Waals surface area contributed by atoms with Crippen LogP contribution in [0.2, 0.25) is 5.02 Å². The van der Waals surface area contributed by atoms with Crippen LogP contribution in [-0.2, 0) is 4.79 Å². The number of amides is 2. The highest BCUT2D eigenvalue weighted by Crippen LogP contribution is 2.36. The van der Waals surface area contributed by atoms with Crippen molar-refractivity contribution in [3.05, 3.63) is 52.5 Å². The van der Waals surface area contributed by atoms with Gasteiger partial charge in [-0.3, -0.25) is 9.59 Å². The van der Waals surface area contributed by atoms with Gasteiger partial charge in [0.2, 0.25) is 5.91 Å². The summed E-state index contributed by atoms with van der Waals surface area (Å²) in [6.45, 7) is 4.23. The standard InChI is InChI=1S/C21H25ClN2O4/c1-5-10-24(13-19(25)23-17-9-7-6-8-14(17)2)21(26)15-11-16(22)20(28-4)18(12-15)27-3/h6-9,11-12H,5,10,13H2,1-4H3,(H,23,25). The van der Waals surface area contributed by atoms with Crippen LogP contribution >= 0.6 is 11.6 Å². The lowest BCUT2D eigenvalue weighted by molar-refractivity contribution is -0.116. The Morgan fingerprint density at radius 2 is 1.86 bits per heavy atom. The van der Waals surface area contributed by atoms with Crippen LogP contribution in [0, 0.1) is 6.92 Å². The van der Waals surface area contributed by atoms with Crippen LogP contribution in [-0.4, -0.2) is 44.0 Å². The molecule has 1 N–H and O–H groups in total. The molecule has 2 aromatic carbocycles. The largest absolute Gasteiger partial charge is 0.493 e. The summed E-state index contributed by atoms with van der Waals surface area (Å²) in [5, 5.41) is 3.12. The number of ether oxygens (including phenoxy) is 2. The zero-order valence-electron chi connectivity index (χ0n) is 16.5. The molecule has 2 rings (SSSR count).